The molecule has 0 aromatic rings. The highest BCUT2D eigenvalue weighted by Gasteiger charge is 2.46. The minimum Gasteiger partial charge on any atom is -0.480 e. The summed E-state index contributed by atoms with van der Waals surface area (Å²) in [5.74, 6) is -24.8. The SMILES string of the molecule is CC[C@H](C)[C@H](NC(=O)[C@H](CC(N)=O)NC(=O)[C@@H]1CCCN1C(=O)[C@H](CC(C)C)NC(=O)[C@@H](NC(=O)CNC(=O)CNC(=O)[C@H](CCC(N)=O)NC(=O)[C@H](C)NC(=O)[C@@H](NC(=O)[C@@H](NC(=O)[C@@H](N)C(C)C)[C@@H](C)O)[C@@H](C)CC)C(C)C)C(=O)N[C@@H](CCC(N)=O)C(=O)N[C@@H](C)C(=O)N[C@H](C(=O)N[C@@H](CC(C)C)C(=O)N[C@@H](CC(C)C)C(=O)N1CCC[C@H]1C(=O)N[C@@H](CCCCN)C(=O)N[C@@H](CCCCN)C(=O)O)C(C)C. The summed E-state index contributed by atoms with van der Waals surface area (Å²) in [5.41, 5.74) is 33.8. The standard InChI is InChI=1S/C95H167N25O25/c1-20-52(15)75(117-92(141)77(56(19)121)118-87(136)72(101)49(9)10)90(139)105-54(17)78(127)106-58(32-34-67(98)122)80(129)103-44-70(125)102-45-71(126)114-73(50(11)12)88(137)113-64(42-48(7)8)94(143)120-39-27-31-66(120)86(135)110-62(43-69(100)124)84(133)116-76(53(16)21-2)91(140)108-59(33-35-68(99)123)81(130)104-55(18)79(128)115-74(51(13)14)89(138)111-61(40-46(3)4)83(132)112-63(41-47(5)6)93(142)119-38-26-30-65(119)85(134)107-57(28-22-24-36-96)82(131)109-60(95(144)145)29-23-25-37-97/h46-66,72-77,121H,20-45,96-97,101H2,1-19H3,(H2,98,122)(H2,99,123)(H2,100,124)(H,102,125)(H,103,129)(H,104,130)(H,105,139)(H,106,127)(H,107,134)(H,108,140)(H,109,131)(H,110,135)(H,111,138)(H,112,132)(H,113,137)(H,114,126)(H,115,128)(H,116,133)(H,117,141)(H,118,136)(H,144,145)/t52-,53-,54-,55-,56+,57-,58-,59-,60-,61-,62-,63-,64-,65-,66-,72-,73-,74-,75-,76-,77-/m0/s1. The maximum Gasteiger partial charge on any atom is 0.326 e. The topological polar surface area (TPSA) is 800 Å². The molecule has 50 heteroatoms. The molecule has 0 aromatic carbocycles. The van der Waals surface area contributed by atoms with Crippen LogP contribution in [0.5, 0.6) is 0 Å². The molecule has 21 atom stereocenters. The quantitative estimate of drug-likeness (QED) is 0.0252. The lowest BCUT2D eigenvalue weighted by atomic mass is 9.96. The first-order valence-corrected chi connectivity index (χ1v) is 50.4. The number of nitrogens with zero attached hydrogens (tertiary/aromatic N) is 2. The van der Waals surface area contributed by atoms with Crippen LogP contribution in [0.25, 0.3) is 0 Å². The first-order chi connectivity index (χ1) is 67.8. The van der Waals surface area contributed by atoms with Gasteiger partial charge in [0, 0.05) is 25.9 Å². The molecule has 145 heavy (non-hydrogen) atoms. The van der Waals surface area contributed by atoms with Crippen LogP contribution in [0.1, 0.15) is 260 Å². The largest absolute Gasteiger partial charge is 0.480 e. The summed E-state index contributed by atoms with van der Waals surface area (Å²) >= 11 is 0. The number of unbranched alkanes of at least 4 members (excludes halogenated alkanes) is 2. The van der Waals surface area contributed by atoms with E-state index in [-0.39, 0.29) is 101 Å². The molecule has 2 aliphatic heterocycles. The van der Waals surface area contributed by atoms with Gasteiger partial charge in [-0.2, -0.15) is 0 Å². The van der Waals surface area contributed by atoms with Crippen LogP contribution >= 0.6 is 0 Å². The molecule has 22 amide bonds. The Balaban J connectivity index is 2.32. The van der Waals surface area contributed by atoms with E-state index in [1.54, 1.807) is 96.9 Å². The van der Waals surface area contributed by atoms with Gasteiger partial charge in [-0.15, -0.1) is 0 Å². The van der Waals surface area contributed by atoms with Crippen LogP contribution in [0.15, 0.2) is 0 Å². The van der Waals surface area contributed by atoms with Crippen molar-refractivity contribution in [2.45, 2.75) is 375 Å². The van der Waals surface area contributed by atoms with Crippen LogP contribution in [-0.2, 0) is 110 Å². The molecule has 822 valence electrons. The summed E-state index contributed by atoms with van der Waals surface area (Å²) < 4.78 is 0. The Morgan fingerprint density at radius 1 is 0.331 bits per heavy atom. The second-order valence-electron chi connectivity index (χ2n) is 40.1. The molecule has 2 heterocycles. The van der Waals surface area contributed by atoms with E-state index >= 15 is 0 Å². The number of likely N-dealkylation sites (tertiary alicyclic amines) is 2. The molecule has 0 unspecified atom stereocenters. The number of carbonyl (C=O) groups is 23. The lowest BCUT2D eigenvalue weighted by molar-refractivity contribution is -0.144. The van der Waals surface area contributed by atoms with Crippen LogP contribution in [-0.4, -0.2) is 310 Å². The number of carboxylic acid groups (broad SMARTS) is 1. The normalized spacial score (nSPS) is 17.5. The summed E-state index contributed by atoms with van der Waals surface area (Å²) in [7, 11) is 0. The highest BCUT2D eigenvalue weighted by atomic mass is 16.4. The number of carboxylic acids is 1. The fraction of sp³-hybridized carbons (Fsp3) is 0.758. The number of nitrogens with one attached hydrogen (secondary N) is 17. The van der Waals surface area contributed by atoms with Gasteiger partial charge in [-0.1, -0.05) is 124 Å². The van der Waals surface area contributed by atoms with Crippen molar-refractivity contribution < 1.29 is 120 Å². The molecule has 0 bridgehead atoms. The van der Waals surface area contributed by atoms with Gasteiger partial charge in [0.2, 0.25) is 130 Å². The predicted octanol–water partition coefficient (Wildman–Crippen LogP) is -5.83. The first kappa shape index (κ1) is 129. The summed E-state index contributed by atoms with van der Waals surface area (Å²) in [4.78, 5) is 318. The molecule has 2 saturated heterocycles. The molecule has 0 aromatic heterocycles. The van der Waals surface area contributed by atoms with Gasteiger partial charge >= 0.3 is 5.97 Å². The Bertz CT molecular complexity index is 4400. The van der Waals surface area contributed by atoms with Crippen molar-refractivity contribution in [2.24, 2.45) is 81.7 Å². The summed E-state index contributed by atoms with van der Waals surface area (Å²) in [6.45, 7) is 29.7. The average molecular weight is 2060 g/mol. The van der Waals surface area contributed by atoms with Gasteiger partial charge < -0.3 is 145 Å². The summed E-state index contributed by atoms with van der Waals surface area (Å²) in [6.07, 6.45) is -0.726. The van der Waals surface area contributed by atoms with Crippen LogP contribution < -0.4 is 125 Å². The fourth-order valence-corrected chi connectivity index (χ4v) is 16.0. The van der Waals surface area contributed by atoms with E-state index in [9.17, 15) is 120 Å². The van der Waals surface area contributed by atoms with Gasteiger partial charge in [-0.05, 0) is 178 Å². The van der Waals surface area contributed by atoms with Gasteiger partial charge in [-0.3, -0.25) is 105 Å². The maximum absolute atomic E-state index is 14.8. The average Bonchev–Trinajstić information content (AvgIpc) is 1.74. The van der Waals surface area contributed by atoms with Gasteiger partial charge in [0.25, 0.3) is 0 Å². The number of hydrogen-bond donors (Lipinski definition) is 25. The van der Waals surface area contributed by atoms with E-state index in [0.717, 1.165) is 0 Å². The third-order valence-corrected chi connectivity index (χ3v) is 25.0. The number of hydrogen-bond acceptors (Lipinski definition) is 27. The van der Waals surface area contributed by atoms with Crippen LogP contribution in [0.2, 0.25) is 0 Å². The van der Waals surface area contributed by atoms with Crippen LogP contribution in [0.3, 0.4) is 0 Å². The van der Waals surface area contributed by atoms with Crippen LogP contribution in [0, 0.1) is 47.3 Å². The number of aliphatic hydroxyl groups excluding tert-OH is 1. The minimum atomic E-state index is -1.82. The third-order valence-electron chi connectivity index (χ3n) is 25.0. The number of rotatable bonds is 67. The van der Waals surface area contributed by atoms with Crippen LogP contribution in [0.4, 0.5) is 0 Å². The van der Waals surface area contributed by atoms with Crippen molar-refractivity contribution in [3.05, 3.63) is 0 Å². The Hall–Kier alpha value is -12.3. The molecule has 0 aliphatic carbocycles. The fourth-order valence-electron chi connectivity index (χ4n) is 16.0. The lowest BCUT2D eigenvalue weighted by Gasteiger charge is -2.32. The van der Waals surface area contributed by atoms with Gasteiger partial charge in [-0.25, -0.2) is 4.79 Å². The maximum atomic E-state index is 14.8. The smallest absolute Gasteiger partial charge is 0.326 e. The molecule has 0 spiro atoms. The van der Waals surface area contributed by atoms with Crippen molar-refractivity contribution in [3.8, 4) is 0 Å². The number of primary amides is 3. The van der Waals surface area contributed by atoms with E-state index in [1.165, 1.54) is 30.6 Å². The molecule has 2 aliphatic rings. The van der Waals surface area contributed by atoms with E-state index in [4.69, 9.17) is 34.4 Å². The Kier molecular flexibility index (Phi) is 57.3. The van der Waals surface area contributed by atoms with E-state index in [1.807, 2.05) is 13.8 Å². The van der Waals surface area contributed by atoms with Crippen molar-refractivity contribution >= 4 is 136 Å². The number of amides is 22. The lowest BCUT2D eigenvalue weighted by Crippen LogP contribution is -2.62. The highest BCUT2D eigenvalue weighted by Crippen LogP contribution is 2.26. The Labute approximate surface area is 848 Å². The minimum absolute atomic E-state index is 0.000484. The molecule has 50 nitrogen and oxygen atoms in total. The second-order valence-corrected chi connectivity index (χ2v) is 40.1. The molecule has 31 N–H and O–H groups in total. The van der Waals surface area contributed by atoms with E-state index in [0.29, 0.717) is 45.1 Å². The van der Waals surface area contributed by atoms with Crippen molar-refractivity contribution in [3.63, 3.8) is 0 Å². The molecular formula is C95H167N25O25. The second kappa shape index (κ2) is 64.5. The molecule has 0 saturated carbocycles. The predicted molar refractivity (Wildman–Crippen MR) is 531 cm³/mol. The highest BCUT2D eigenvalue weighted by molar-refractivity contribution is 6.03. The number of carbonyl (C=O) groups excluding carboxylic acids is 22. The zero-order chi connectivity index (χ0) is 110. The van der Waals surface area contributed by atoms with E-state index < -0.39 is 320 Å². The first-order valence-electron chi connectivity index (χ1n) is 50.4. The number of aliphatic hydroxyl groups is 1. The summed E-state index contributed by atoms with van der Waals surface area (Å²) in [6, 6.07) is -25.0. The monoisotopic (exact) mass is 2060 g/mol. The Morgan fingerprint density at radius 3 is 1.10 bits per heavy atom. The molecule has 0 radical (unpaired) electrons. The summed E-state index contributed by atoms with van der Waals surface area (Å²) in [5, 5.41) is 63.4. The number of nitrogens with two attached hydrogens (primary N) is 6. The van der Waals surface area contributed by atoms with Gasteiger partial charge in [0.05, 0.1) is 31.7 Å². The molecular weight excluding hydrogens is 1890 g/mol. The van der Waals surface area contributed by atoms with Crippen molar-refractivity contribution in [2.75, 3.05) is 39.3 Å². The van der Waals surface area contributed by atoms with E-state index in [2.05, 4.69) is 90.4 Å². The van der Waals surface area contributed by atoms with Gasteiger partial charge in [0.1, 0.15) is 103 Å². The zero-order valence-electron chi connectivity index (χ0n) is 87.6. The molecule has 2 fully saturated rings. The zero-order valence-corrected chi connectivity index (χ0v) is 87.6. The van der Waals surface area contributed by atoms with Crippen molar-refractivity contribution in [1.82, 2.24) is 100 Å². The van der Waals surface area contributed by atoms with Gasteiger partial charge in [0.15, 0.2) is 0 Å². The third kappa shape index (κ3) is 45.0. The Morgan fingerprint density at radius 2 is 0.669 bits per heavy atom. The van der Waals surface area contributed by atoms with Crippen molar-refractivity contribution in [1.29, 1.82) is 0 Å². The molecule has 2 rings (SSSR count). The number of aliphatic carboxylic acids is 1.